The van der Waals surface area contributed by atoms with Crippen molar-refractivity contribution in [1.29, 1.82) is 0 Å². The van der Waals surface area contributed by atoms with E-state index in [9.17, 15) is 0 Å². The van der Waals surface area contributed by atoms with Gasteiger partial charge in [-0.05, 0) is 31.2 Å². The predicted molar refractivity (Wildman–Crippen MR) is 67.8 cm³/mol. The summed E-state index contributed by atoms with van der Waals surface area (Å²) >= 11 is 0. The minimum Gasteiger partial charge on any atom is -0.316 e. The Kier molecular flexibility index (Phi) is 2.32. The van der Waals surface area contributed by atoms with Gasteiger partial charge in [0, 0.05) is 44.7 Å². The first-order valence-electron chi connectivity index (χ1n) is 7.18. The van der Waals surface area contributed by atoms with Crippen LogP contribution in [0, 0.1) is 10.8 Å². The van der Waals surface area contributed by atoms with Crippen LogP contribution in [0.3, 0.4) is 0 Å². The Bertz CT molecular complexity index is 307. The predicted octanol–water partition coefficient (Wildman–Crippen LogP) is -0.419. The van der Waals surface area contributed by atoms with Crippen molar-refractivity contribution in [2.24, 2.45) is 10.8 Å². The van der Waals surface area contributed by atoms with Crippen molar-refractivity contribution >= 4 is 0 Å². The Morgan fingerprint density at radius 1 is 0.941 bits per heavy atom. The van der Waals surface area contributed by atoms with Crippen LogP contribution >= 0.6 is 0 Å². The molecule has 17 heavy (non-hydrogen) atoms. The Morgan fingerprint density at radius 2 is 1.82 bits per heavy atom. The van der Waals surface area contributed by atoms with Gasteiger partial charge in [0.1, 0.15) is 0 Å². The van der Waals surface area contributed by atoms with E-state index >= 15 is 0 Å². The minimum absolute atomic E-state index is 0.582. The van der Waals surface area contributed by atoms with Crippen molar-refractivity contribution in [2.45, 2.75) is 25.4 Å². The Hall–Kier alpha value is -0.160. The van der Waals surface area contributed by atoms with E-state index in [1.807, 2.05) is 0 Å². The summed E-state index contributed by atoms with van der Waals surface area (Å²) in [6, 6.07) is 0. The van der Waals surface area contributed by atoms with Crippen molar-refractivity contribution in [3.8, 4) is 0 Å². The zero-order chi connectivity index (χ0) is 11.3. The average molecular weight is 236 g/mol. The van der Waals surface area contributed by atoms with Crippen LogP contribution in [0.15, 0.2) is 0 Å². The smallest absolute Gasteiger partial charge is 0.0603 e. The zero-order valence-corrected chi connectivity index (χ0v) is 10.6. The van der Waals surface area contributed by atoms with Gasteiger partial charge in [0.15, 0.2) is 0 Å². The first kappa shape index (κ1) is 10.7. The fraction of sp³-hybridized carbons (Fsp3) is 1.00. The minimum atomic E-state index is 0.582. The molecule has 2 unspecified atom stereocenters. The van der Waals surface area contributed by atoms with Crippen molar-refractivity contribution in [2.75, 3.05) is 45.8 Å². The van der Waals surface area contributed by atoms with Gasteiger partial charge in [0.2, 0.25) is 0 Å². The maximum Gasteiger partial charge on any atom is 0.0603 e. The van der Waals surface area contributed by atoms with Gasteiger partial charge in [0.25, 0.3) is 0 Å². The van der Waals surface area contributed by atoms with Gasteiger partial charge in [-0.25, -0.2) is 0 Å². The Labute approximate surface area is 104 Å². The van der Waals surface area contributed by atoms with Crippen LogP contribution in [0.4, 0.5) is 0 Å². The molecule has 4 fully saturated rings. The molecule has 4 heterocycles. The molecule has 2 atom stereocenters. The van der Waals surface area contributed by atoms with E-state index < -0.39 is 0 Å². The molecule has 4 aliphatic rings. The topological polar surface area (TPSA) is 39.3 Å². The molecule has 0 saturated carbocycles. The van der Waals surface area contributed by atoms with Gasteiger partial charge in [-0.3, -0.25) is 4.90 Å². The standard InChI is InChI=1S/C13H24N4/c1-3-14-6-12(1)5-11(16-9-12)17-4-2-13(10-17)7-15-8-13/h11,14-16H,1-10H2. The van der Waals surface area contributed by atoms with Crippen LogP contribution in [0.25, 0.3) is 0 Å². The second-order valence-electron chi connectivity index (χ2n) is 6.85. The third-order valence-electron chi connectivity index (χ3n) is 5.58. The van der Waals surface area contributed by atoms with E-state index in [0.717, 1.165) is 0 Å². The van der Waals surface area contributed by atoms with Gasteiger partial charge in [0.05, 0.1) is 6.17 Å². The average Bonchev–Trinajstić information content (AvgIpc) is 2.99. The van der Waals surface area contributed by atoms with Crippen LogP contribution in [-0.4, -0.2) is 56.9 Å². The monoisotopic (exact) mass is 236 g/mol. The molecule has 0 aromatic rings. The lowest BCUT2D eigenvalue weighted by Gasteiger charge is -2.40. The van der Waals surface area contributed by atoms with E-state index in [1.165, 1.54) is 65.1 Å². The first-order chi connectivity index (χ1) is 8.29. The van der Waals surface area contributed by atoms with Crippen LogP contribution in [0.2, 0.25) is 0 Å². The SMILES string of the molecule is C1CC2(CN1)CNC(N1CCC3(CNC3)C1)C2. The van der Waals surface area contributed by atoms with Crippen molar-refractivity contribution in [3.63, 3.8) is 0 Å². The number of rotatable bonds is 1. The van der Waals surface area contributed by atoms with Gasteiger partial charge in [-0.2, -0.15) is 0 Å². The fourth-order valence-electron chi connectivity index (χ4n) is 4.27. The molecule has 3 N–H and O–H groups in total. The summed E-state index contributed by atoms with van der Waals surface area (Å²) in [7, 11) is 0. The Morgan fingerprint density at radius 3 is 2.47 bits per heavy atom. The summed E-state index contributed by atoms with van der Waals surface area (Å²) in [6.45, 7) is 8.82. The second kappa shape index (κ2) is 3.67. The number of nitrogens with one attached hydrogen (secondary N) is 3. The quantitative estimate of drug-likeness (QED) is 0.578. The van der Waals surface area contributed by atoms with Crippen molar-refractivity contribution in [3.05, 3.63) is 0 Å². The van der Waals surface area contributed by atoms with Gasteiger partial charge < -0.3 is 16.0 Å². The molecule has 0 bridgehead atoms. The highest BCUT2D eigenvalue weighted by atomic mass is 15.3. The van der Waals surface area contributed by atoms with E-state index in [0.29, 0.717) is 17.0 Å². The second-order valence-corrected chi connectivity index (χ2v) is 6.85. The highest BCUT2D eigenvalue weighted by Gasteiger charge is 2.48. The van der Waals surface area contributed by atoms with E-state index in [-0.39, 0.29) is 0 Å². The number of likely N-dealkylation sites (tertiary alicyclic amines) is 1. The third kappa shape index (κ3) is 1.65. The van der Waals surface area contributed by atoms with Crippen LogP contribution in [0.1, 0.15) is 19.3 Å². The molecule has 0 aliphatic carbocycles. The number of hydrogen-bond acceptors (Lipinski definition) is 4. The van der Waals surface area contributed by atoms with Crippen molar-refractivity contribution < 1.29 is 0 Å². The molecule has 4 saturated heterocycles. The molecule has 2 spiro atoms. The van der Waals surface area contributed by atoms with Crippen molar-refractivity contribution in [1.82, 2.24) is 20.9 Å². The molecule has 4 aliphatic heterocycles. The molecule has 4 nitrogen and oxygen atoms in total. The number of hydrogen-bond donors (Lipinski definition) is 3. The molecule has 4 rings (SSSR count). The maximum absolute atomic E-state index is 3.78. The van der Waals surface area contributed by atoms with E-state index in [4.69, 9.17) is 0 Å². The van der Waals surface area contributed by atoms with E-state index in [2.05, 4.69) is 20.9 Å². The van der Waals surface area contributed by atoms with Gasteiger partial charge in [-0.15, -0.1) is 0 Å². The highest BCUT2D eigenvalue weighted by molar-refractivity contribution is 5.04. The summed E-state index contributed by atoms with van der Waals surface area (Å²) < 4.78 is 0. The van der Waals surface area contributed by atoms with Crippen LogP contribution in [-0.2, 0) is 0 Å². The molecule has 4 heteroatoms. The molecule has 0 aromatic carbocycles. The normalized spacial score (nSPS) is 44.8. The lowest BCUT2D eigenvalue weighted by molar-refractivity contribution is 0.138. The molecular weight excluding hydrogens is 212 g/mol. The summed E-state index contributed by atoms with van der Waals surface area (Å²) in [6.07, 6.45) is 4.80. The lowest BCUT2D eigenvalue weighted by atomic mass is 9.81. The lowest BCUT2D eigenvalue weighted by Crippen LogP contribution is -2.55. The van der Waals surface area contributed by atoms with E-state index in [1.54, 1.807) is 0 Å². The third-order valence-corrected chi connectivity index (χ3v) is 5.58. The highest BCUT2D eigenvalue weighted by Crippen LogP contribution is 2.40. The Balaban J connectivity index is 1.40. The maximum atomic E-state index is 3.78. The van der Waals surface area contributed by atoms with Gasteiger partial charge in [-0.1, -0.05) is 0 Å². The largest absolute Gasteiger partial charge is 0.316 e. The van der Waals surface area contributed by atoms with Crippen LogP contribution < -0.4 is 16.0 Å². The molecule has 96 valence electrons. The summed E-state index contributed by atoms with van der Waals surface area (Å²) in [5.74, 6) is 0. The molecular formula is C13H24N4. The molecule has 0 aromatic heterocycles. The zero-order valence-electron chi connectivity index (χ0n) is 10.6. The summed E-state index contributed by atoms with van der Waals surface area (Å²) in [5.41, 5.74) is 1.23. The van der Waals surface area contributed by atoms with Crippen LogP contribution in [0.5, 0.6) is 0 Å². The first-order valence-corrected chi connectivity index (χ1v) is 7.18. The van der Waals surface area contributed by atoms with Gasteiger partial charge >= 0.3 is 0 Å². The fourth-order valence-corrected chi connectivity index (χ4v) is 4.27. The number of nitrogens with zero attached hydrogens (tertiary/aromatic N) is 1. The summed E-state index contributed by atoms with van der Waals surface area (Å²) in [4.78, 5) is 2.72. The molecule has 0 radical (unpaired) electrons. The summed E-state index contributed by atoms with van der Waals surface area (Å²) in [5, 5.41) is 10.8. The molecule has 0 amide bonds.